The Bertz CT molecular complexity index is 1330. The lowest BCUT2D eigenvalue weighted by molar-refractivity contribution is -0.116. The molecule has 0 radical (unpaired) electrons. The van der Waals surface area contributed by atoms with Crippen LogP contribution in [0, 0.1) is 0 Å². The molecule has 0 aliphatic carbocycles. The number of benzene rings is 2. The summed E-state index contributed by atoms with van der Waals surface area (Å²) in [5, 5.41) is 3.84. The van der Waals surface area contributed by atoms with Gasteiger partial charge in [0.1, 0.15) is 5.02 Å². The molecule has 4 aromatic rings. The van der Waals surface area contributed by atoms with Crippen molar-refractivity contribution in [2.45, 2.75) is 13.0 Å². The zero-order valence-corrected chi connectivity index (χ0v) is 18.0. The third kappa shape index (κ3) is 4.85. The molecule has 0 spiro atoms. The first kappa shape index (κ1) is 21.2. The van der Waals surface area contributed by atoms with Crippen LogP contribution >= 0.6 is 34.8 Å². The van der Waals surface area contributed by atoms with Crippen molar-refractivity contribution in [1.29, 1.82) is 0 Å². The van der Waals surface area contributed by atoms with Crippen LogP contribution in [0.3, 0.4) is 0 Å². The number of carbonyl (C=O) groups excluding carboxylic acids is 1. The number of aromatic nitrogens is 2. The summed E-state index contributed by atoms with van der Waals surface area (Å²) in [6, 6.07) is 13.2. The van der Waals surface area contributed by atoms with E-state index in [2.05, 4.69) is 10.3 Å². The van der Waals surface area contributed by atoms with Gasteiger partial charge in [-0.05, 0) is 30.3 Å². The minimum Gasteiger partial charge on any atom is -0.435 e. The van der Waals surface area contributed by atoms with Crippen LogP contribution in [-0.4, -0.2) is 15.5 Å². The number of ether oxygens (including phenoxy) is 1. The van der Waals surface area contributed by atoms with Gasteiger partial charge in [0.25, 0.3) is 0 Å². The van der Waals surface area contributed by atoms with Gasteiger partial charge in [-0.3, -0.25) is 9.36 Å². The summed E-state index contributed by atoms with van der Waals surface area (Å²) in [4.78, 5) is 28.7. The fourth-order valence-electron chi connectivity index (χ4n) is 2.92. The highest BCUT2D eigenvalue weighted by Gasteiger charge is 2.14. The standard InChI is InChI=1S/C21H14Cl3N3O4/c22-12-5-6-16-18(10-12)31-21(29)27(16)8-7-19(28)26-15-3-1-2-4-17(15)30-20-14(24)9-13(23)11-25-20/h1-6,9-11H,7-8H2,(H,26,28). The lowest BCUT2D eigenvalue weighted by Gasteiger charge is -2.12. The predicted molar refractivity (Wildman–Crippen MR) is 120 cm³/mol. The van der Waals surface area contributed by atoms with Gasteiger partial charge in [-0.1, -0.05) is 46.9 Å². The third-order valence-electron chi connectivity index (χ3n) is 4.33. The predicted octanol–water partition coefficient (Wildman–Crippen LogP) is 5.77. The molecule has 2 aromatic heterocycles. The van der Waals surface area contributed by atoms with Crippen LogP contribution in [0.4, 0.5) is 5.69 Å². The Kier molecular flexibility index (Phi) is 6.18. The number of hydrogen-bond donors (Lipinski definition) is 1. The van der Waals surface area contributed by atoms with Crippen molar-refractivity contribution >= 4 is 57.5 Å². The Morgan fingerprint density at radius 1 is 1.10 bits per heavy atom. The Morgan fingerprint density at radius 3 is 2.71 bits per heavy atom. The number of nitrogens with one attached hydrogen (secondary N) is 1. The quantitative estimate of drug-likeness (QED) is 0.380. The number of anilines is 1. The minimum absolute atomic E-state index is 0.0332. The summed E-state index contributed by atoms with van der Waals surface area (Å²) in [6.45, 7) is 0.132. The molecule has 0 atom stereocenters. The van der Waals surface area contributed by atoms with Crippen molar-refractivity contribution in [2.24, 2.45) is 0 Å². The molecule has 0 fully saturated rings. The van der Waals surface area contributed by atoms with E-state index in [-0.39, 0.29) is 29.8 Å². The maximum absolute atomic E-state index is 12.5. The molecular weight excluding hydrogens is 465 g/mol. The topological polar surface area (TPSA) is 86.4 Å². The minimum atomic E-state index is -0.558. The van der Waals surface area contributed by atoms with Crippen LogP contribution in [-0.2, 0) is 11.3 Å². The largest absolute Gasteiger partial charge is 0.435 e. The van der Waals surface area contributed by atoms with E-state index in [0.717, 1.165) is 0 Å². The number of fused-ring (bicyclic) bond motifs is 1. The fourth-order valence-corrected chi connectivity index (χ4v) is 3.50. The average Bonchev–Trinajstić information content (AvgIpc) is 3.03. The van der Waals surface area contributed by atoms with Crippen LogP contribution in [0.1, 0.15) is 6.42 Å². The Morgan fingerprint density at radius 2 is 1.90 bits per heavy atom. The molecule has 31 heavy (non-hydrogen) atoms. The van der Waals surface area contributed by atoms with Crippen LogP contribution < -0.4 is 15.8 Å². The first-order chi connectivity index (χ1) is 14.9. The van der Waals surface area contributed by atoms with Crippen molar-refractivity contribution in [1.82, 2.24) is 9.55 Å². The number of oxazole rings is 1. The van der Waals surface area contributed by atoms with E-state index in [0.29, 0.717) is 32.6 Å². The number of nitrogens with zero attached hydrogens (tertiary/aromatic N) is 2. The number of para-hydroxylation sites is 2. The van der Waals surface area contributed by atoms with Crippen molar-refractivity contribution in [3.63, 3.8) is 0 Å². The number of hydrogen-bond acceptors (Lipinski definition) is 5. The number of rotatable bonds is 6. The maximum Gasteiger partial charge on any atom is 0.419 e. The summed E-state index contributed by atoms with van der Waals surface area (Å²) in [5.41, 5.74) is 1.36. The molecule has 2 heterocycles. The molecule has 0 aliphatic rings. The SMILES string of the molecule is O=C(CCn1c(=O)oc2cc(Cl)ccc21)Nc1ccccc1Oc1ncc(Cl)cc1Cl. The molecule has 10 heteroatoms. The summed E-state index contributed by atoms with van der Waals surface area (Å²) >= 11 is 17.9. The molecule has 158 valence electrons. The monoisotopic (exact) mass is 477 g/mol. The normalized spacial score (nSPS) is 10.9. The van der Waals surface area contributed by atoms with Crippen LogP contribution in [0.5, 0.6) is 11.6 Å². The number of amides is 1. The molecule has 1 amide bonds. The lowest BCUT2D eigenvalue weighted by Crippen LogP contribution is -2.20. The van der Waals surface area contributed by atoms with E-state index in [4.69, 9.17) is 44.0 Å². The smallest absolute Gasteiger partial charge is 0.419 e. The van der Waals surface area contributed by atoms with E-state index in [1.54, 1.807) is 42.5 Å². The summed E-state index contributed by atoms with van der Waals surface area (Å²) in [6.07, 6.45) is 1.44. The number of pyridine rings is 1. The van der Waals surface area contributed by atoms with Crippen LogP contribution in [0.25, 0.3) is 11.1 Å². The second-order valence-corrected chi connectivity index (χ2v) is 7.75. The molecule has 0 saturated heterocycles. The molecule has 0 aliphatic heterocycles. The van der Waals surface area contributed by atoms with Gasteiger partial charge in [0.15, 0.2) is 11.3 Å². The molecular formula is C21H14Cl3N3O4. The molecule has 2 aromatic carbocycles. The Hall–Kier alpha value is -3.00. The molecule has 0 bridgehead atoms. The second-order valence-electron chi connectivity index (χ2n) is 6.47. The molecule has 0 unspecified atom stereocenters. The van der Waals surface area contributed by atoms with Gasteiger partial charge in [-0.25, -0.2) is 9.78 Å². The summed E-state index contributed by atoms with van der Waals surface area (Å²) < 4.78 is 12.3. The van der Waals surface area contributed by atoms with Gasteiger partial charge in [0.05, 0.1) is 16.2 Å². The summed E-state index contributed by atoms with van der Waals surface area (Å²) in [5.74, 6) is -0.366. The number of aryl methyl sites for hydroxylation is 1. The Balaban J connectivity index is 1.47. The van der Waals surface area contributed by atoms with E-state index < -0.39 is 5.76 Å². The highest BCUT2D eigenvalue weighted by molar-refractivity contribution is 6.35. The number of carbonyl (C=O) groups is 1. The lowest BCUT2D eigenvalue weighted by atomic mass is 10.2. The van der Waals surface area contributed by atoms with Gasteiger partial charge < -0.3 is 14.5 Å². The molecule has 0 saturated carbocycles. The first-order valence-electron chi connectivity index (χ1n) is 9.07. The molecule has 4 rings (SSSR count). The average molecular weight is 479 g/mol. The fraction of sp³-hybridized carbons (Fsp3) is 0.0952. The maximum atomic E-state index is 12.5. The van der Waals surface area contributed by atoms with Gasteiger partial charge in [-0.15, -0.1) is 0 Å². The van der Waals surface area contributed by atoms with Crippen molar-refractivity contribution in [3.8, 4) is 11.6 Å². The highest BCUT2D eigenvalue weighted by atomic mass is 35.5. The van der Waals surface area contributed by atoms with Gasteiger partial charge >= 0.3 is 5.76 Å². The second kappa shape index (κ2) is 9.01. The van der Waals surface area contributed by atoms with Gasteiger partial charge in [0, 0.05) is 30.3 Å². The highest BCUT2D eigenvalue weighted by Crippen LogP contribution is 2.33. The van der Waals surface area contributed by atoms with E-state index in [1.807, 2.05) is 0 Å². The van der Waals surface area contributed by atoms with E-state index in [1.165, 1.54) is 16.8 Å². The van der Waals surface area contributed by atoms with Crippen molar-refractivity contribution < 1.29 is 13.9 Å². The number of halogens is 3. The van der Waals surface area contributed by atoms with Crippen molar-refractivity contribution in [3.05, 3.63) is 80.3 Å². The van der Waals surface area contributed by atoms with Gasteiger partial charge in [-0.2, -0.15) is 0 Å². The van der Waals surface area contributed by atoms with Crippen molar-refractivity contribution in [2.75, 3.05) is 5.32 Å². The molecule has 1 N–H and O–H groups in total. The molecule has 7 nitrogen and oxygen atoms in total. The van der Waals surface area contributed by atoms with Crippen LogP contribution in [0.2, 0.25) is 15.1 Å². The van der Waals surface area contributed by atoms with Crippen LogP contribution in [0.15, 0.2) is 63.9 Å². The van der Waals surface area contributed by atoms with Gasteiger partial charge in [0.2, 0.25) is 11.8 Å². The first-order valence-corrected chi connectivity index (χ1v) is 10.2. The Labute approximate surface area is 191 Å². The van der Waals surface area contributed by atoms with E-state index >= 15 is 0 Å². The third-order valence-corrected chi connectivity index (χ3v) is 5.05. The zero-order valence-electron chi connectivity index (χ0n) is 15.8. The van der Waals surface area contributed by atoms with E-state index in [9.17, 15) is 9.59 Å². The zero-order chi connectivity index (χ0) is 22.0. The summed E-state index contributed by atoms with van der Waals surface area (Å²) in [7, 11) is 0.